The zero-order chi connectivity index (χ0) is 23.8. The normalized spacial score (nSPS) is 19.1. The lowest BCUT2D eigenvalue weighted by molar-refractivity contribution is -0.137. The Labute approximate surface area is 197 Å². The Morgan fingerprint density at radius 2 is 1.91 bits per heavy atom. The van der Waals surface area contributed by atoms with Gasteiger partial charge in [-0.2, -0.15) is 13.2 Å². The van der Waals surface area contributed by atoms with Gasteiger partial charge < -0.3 is 20.1 Å². The fourth-order valence-electron chi connectivity index (χ4n) is 4.81. The molecule has 0 unspecified atom stereocenters. The number of anilines is 1. The molecule has 2 N–H and O–H groups in total. The topological polar surface area (TPSA) is 77.7 Å². The Balaban J connectivity index is 1.41. The van der Waals surface area contributed by atoms with Crippen molar-refractivity contribution in [2.75, 3.05) is 12.3 Å². The van der Waals surface area contributed by atoms with Gasteiger partial charge in [-0.15, -0.1) is 0 Å². The molecule has 3 heterocycles. The third-order valence-corrected chi connectivity index (χ3v) is 6.97. The largest absolute Gasteiger partial charge is 0.491 e. The lowest BCUT2D eigenvalue weighted by Crippen LogP contribution is -2.37. The second-order valence-electron chi connectivity index (χ2n) is 8.82. The van der Waals surface area contributed by atoms with E-state index in [1.165, 1.54) is 6.07 Å². The van der Waals surface area contributed by atoms with Crippen molar-refractivity contribution in [1.82, 2.24) is 9.88 Å². The third kappa shape index (κ3) is 3.37. The number of carbonyl (C=O) groups is 1. The van der Waals surface area contributed by atoms with E-state index in [-0.39, 0.29) is 29.3 Å². The Morgan fingerprint density at radius 3 is 2.65 bits per heavy atom. The fraction of sp³-hybridized carbons (Fsp3) is 0.333. The summed E-state index contributed by atoms with van der Waals surface area (Å²) in [5.74, 6) is 0.241. The average molecular weight is 490 g/mol. The first kappa shape index (κ1) is 21.5. The minimum absolute atomic E-state index is 0.0281. The monoisotopic (exact) mass is 489 g/mol. The number of aromatic nitrogens is 1. The van der Waals surface area contributed by atoms with Crippen molar-refractivity contribution >= 4 is 34.2 Å². The van der Waals surface area contributed by atoms with E-state index in [1.54, 1.807) is 17.0 Å². The smallest absolute Gasteiger partial charge is 0.416 e. The van der Waals surface area contributed by atoms with Crippen LogP contribution in [0.1, 0.15) is 51.5 Å². The highest BCUT2D eigenvalue weighted by Gasteiger charge is 2.43. The van der Waals surface area contributed by atoms with E-state index in [9.17, 15) is 18.0 Å². The number of pyridine rings is 1. The minimum atomic E-state index is -4.47. The van der Waals surface area contributed by atoms with Crippen molar-refractivity contribution in [1.29, 1.82) is 0 Å². The molecule has 1 saturated carbocycles. The van der Waals surface area contributed by atoms with Crippen LogP contribution >= 0.6 is 11.6 Å². The summed E-state index contributed by atoms with van der Waals surface area (Å²) in [4.78, 5) is 19.9. The van der Waals surface area contributed by atoms with E-state index < -0.39 is 17.8 Å². The summed E-state index contributed by atoms with van der Waals surface area (Å²) < 4.78 is 50.5. The van der Waals surface area contributed by atoms with Gasteiger partial charge in [0.25, 0.3) is 5.91 Å². The molecule has 6 nitrogen and oxygen atoms in total. The lowest BCUT2D eigenvalue weighted by Gasteiger charge is -2.29. The highest BCUT2D eigenvalue weighted by molar-refractivity contribution is 6.34. The van der Waals surface area contributed by atoms with Crippen LogP contribution in [0.4, 0.5) is 19.0 Å². The van der Waals surface area contributed by atoms with Crippen LogP contribution in [0.2, 0.25) is 5.02 Å². The number of ether oxygens (including phenoxy) is 2. The van der Waals surface area contributed by atoms with E-state index in [4.69, 9.17) is 26.8 Å². The number of amides is 1. The molecule has 1 atom stereocenters. The van der Waals surface area contributed by atoms with Crippen LogP contribution in [0.3, 0.4) is 0 Å². The summed E-state index contributed by atoms with van der Waals surface area (Å²) in [5, 5.41) is 0.989. The number of hydrogen-bond acceptors (Lipinski definition) is 5. The quantitative estimate of drug-likeness (QED) is 0.543. The second-order valence-corrected chi connectivity index (χ2v) is 9.22. The van der Waals surface area contributed by atoms with Crippen LogP contribution in [0.5, 0.6) is 5.75 Å². The second kappa shape index (κ2) is 7.48. The average Bonchev–Trinajstić information content (AvgIpc) is 3.32. The first-order valence-corrected chi connectivity index (χ1v) is 11.2. The van der Waals surface area contributed by atoms with E-state index in [0.717, 1.165) is 41.5 Å². The molecule has 10 heteroatoms. The Hall–Kier alpha value is -3.04. The molecule has 6 rings (SSSR count). The van der Waals surface area contributed by atoms with Gasteiger partial charge in [0.2, 0.25) is 0 Å². The van der Waals surface area contributed by atoms with E-state index in [0.29, 0.717) is 35.7 Å². The molecule has 2 aromatic carbocycles. The van der Waals surface area contributed by atoms with Crippen LogP contribution in [-0.2, 0) is 24.1 Å². The Kier molecular flexibility index (Phi) is 4.73. The van der Waals surface area contributed by atoms with Gasteiger partial charge in [0, 0.05) is 22.6 Å². The summed E-state index contributed by atoms with van der Waals surface area (Å²) in [7, 11) is 0. The van der Waals surface area contributed by atoms with Crippen LogP contribution < -0.4 is 10.5 Å². The number of rotatable bonds is 3. The number of hydrogen-bond donors (Lipinski definition) is 1. The van der Waals surface area contributed by atoms with Crippen LogP contribution in [0.25, 0.3) is 10.9 Å². The standard InChI is InChI=1S/C24H19ClF3N3O3/c25-18-7-19-14(16-8-33-9-17(16)22(29)30-19)6-15(18)23(32)31(12-2-3-12)20-10-34-21-5-11(24(26,27)28)1-4-13(20)21/h1,4-7,12,20H,2-3,8-10H2,(H2,29,30)/t20-/m0/s1. The summed E-state index contributed by atoms with van der Waals surface area (Å²) >= 11 is 6.53. The molecule has 1 amide bonds. The first-order valence-electron chi connectivity index (χ1n) is 10.9. The molecule has 0 bridgehead atoms. The minimum Gasteiger partial charge on any atom is -0.491 e. The van der Waals surface area contributed by atoms with Gasteiger partial charge in [-0.1, -0.05) is 17.7 Å². The van der Waals surface area contributed by atoms with Gasteiger partial charge in [-0.05, 0) is 42.7 Å². The number of fused-ring (bicyclic) bond motifs is 4. The zero-order valence-electron chi connectivity index (χ0n) is 17.8. The number of nitrogens with zero attached hydrogens (tertiary/aromatic N) is 2. The van der Waals surface area contributed by atoms with Gasteiger partial charge in [0.1, 0.15) is 18.2 Å². The number of alkyl halides is 3. The van der Waals surface area contributed by atoms with Crippen LogP contribution in [0.15, 0.2) is 30.3 Å². The Bertz CT molecular complexity index is 1360. The Morgan fingerprint density at radius 1 is 1.15 bits per heavy atom. The summed E-state index contributed by atoms with van der Waals surface area (Å²) in [6, 6.07) is 6.24. The molecule has 0 spiro atoms. The molecule has 0 saturated heterocycles. The highest BCUT2D eigenvalue weighted by Crippen LogP contribution is 2.45. The SMILES string of the molecule is Nc1nc2cc(Cl)c(C(=O)N(C3CC3)[C@H]3COc4cc(C(F)(F)F)ccc43)cc2c2c1COC2. The van der Waals surface area contributed by atoms with Crippen molar-refractivity contribution in [2.45, 2.75) is 44.3 Å². The molecular weight excluding hydrogens is 471 g/mol. The molecule has 1 fully saturated rings. The molecule has 3 aromatic rings. The predicted molar refractivity (Wildman–Crippen MR) is 119 cm³/mol. The van der Waals surface area contributed by atoms with E-state index in [2.05, 4.69) is 4.98 Å². The van der Waals surface area contributed by atoms with E-state index >= 15 is 0 Å². The van der Waals surface area contributed by atoms with Crippen molar-refractivity contribution in [2.24, 2.45) is 0 Å². The molecular formula is C24H19ClF3N3O3. The number of carbonyl (C=O) groups excluding carboxylic acids is 1. The van der Waals surface area contributed by atoms with Gasteiger partial charge >= 0.3 is 6.18 Å². The van der Waals surface area contributed by atoms with Crippen LogP contribution in [-0.4, -0.2) is 28.4 Å². The summed E-state index contributed by atoms with van der Waals surface area (Å²) in [5.41, 5.74) is 8.42. The number of nitrogen functional groups attached to an aromatic ring is 1. The molecule has 176 valence electrons. The molecule has 3 aliphatic rings. The predicted octanol–water partition coefficient (Wildman–Crippen LogP) is 5.26. The van der Waals surface area contributed by atoms with Gasteiger partial charge in [-0.25, -0.2) is 4.98 Å². The van der Waals surface area contributed by atoms with Crippen LogP contribution in [0, 0.1) is 0 Å². The molecule has 34 heavy (non-hydrogen) atoms. The van der Waals surface area contributed by atoms with Gasteiger partial charge in [-0.3, -0.25) is 4.79 Å². The molecule has 1 aromatic heterocycles. The summed E-state index contributed by atoms with van der Waals surface area (Å²) in [6.45, 7) is 0.817. The lowest BCUT2D eigenvalue weighted by atomic mass is 10.0. The summed E-state index contributed by atoms with van der Waals surface area (Å²) in [6.07, 6.45) is -2.85. The highest BCUT2D eigenvalue weighted by atomic mass is 35.5. The van der Waals surface area contributed by atoms with Gasteiger partial charge in [0.15, 0.2) is 0 Å². The number of benzene rings is 2. The number of nitrogens with two attached hydrogens (primary N) is 1. The molecule has 2 aliphatic heterocycles. The number of halogens is 4. The maximum atomic E-state index is 13.8. The third-order valence-electron chi connectivity index (χ3n) is 6.66. The van der Waals surface area contributed by atoms with Gasteiger partial charge in [0.05, 0.1) is 40.9 Å². The van der Waals surface area contributed by atoms with E-state index in [1.807, 2.05) is 0 Å². The molecule has 1 aliphatic carbocycles. The molecule has 0 radical (unpaired) electrons. The van der Waals surface area contributed by atoms with Crippen molar-refractivity contribution in [3.63, 3.8) is 0 Å². The van der Waals surface area contributed by atoms with Crippen molar-refractivity contribution in [3.8, 4) is 5.75 Å². The van der Waals surface area contributed by atoms with Crippen molar-refractivity contribution in [3.05, 3.63) is 63.2 Å². The van der Waals surface area contributed by atoms with Crippen molar-refractivity contribution < 1.29 is 27.4 Å². The fourth-order valence-corrected chi connectivity index (χ4v) is 5.05. The maximum absolute atomic E-state index is 13.8. The maximum Gasteiger partial charge on any atom is 0.416 e. The zero-order valence-corrected chi connectivity index (χ0v) is 18.5. The first-order chi connectivity index (χ1) is 16.2.